The SMILES string of the molecule is CC1CCC(N(C)C2(CN)CCCC(C)(C)CC2)CC1. The molecule has 0 aromatic carbocycles. The van der Waals surface area contributed by atoms with E-state index in [0.29, 0.717) is 5.41 Å². The van der Waals surface area contributed by atoms with Crippen LogP contribution in [-0.2, 0) is 0 Å². The molecular weight excluding hydrogens is 244 g/mol. The minimum atomic E-state index is 0.277. The normalized spacial score (nSPS) is 38.7. The lowest BCUT2D eigenvalue weighted by atomic mass is 9.80. The predicted octanol–water partition coefficient (Wildman–Crippen LogP) is 4.18. The lowest BCUT2D eigenvalue weighted by Crippen LogP contribution is -2.56. The molecule has 2 fully saturated rings. The molecule has 2 saturated carbocycles. The van der Waals surface area contributed by atoms with Gasteiger partial charge >= 0.3 is 0 Å². The van der Waals surface area contributed by atoms with Crippen LogP contribution in [0.3, 0.4) is 0 Å². The highest BCUT2D eigenvalue weighted by Gasteiger charge is 2.40. The molecule has 2 aliphatic carbocycles. The van der Waals surface area contributed by atoms with Crippen LogP contribution in [0.1, 0.15) is 78.6 Å². The van der Waals surface area contributed by atoms with E-state index in [9.17, 15) is 0 Å². The van der Waals surface area contributed by atoms with Crippen LogP contribution in [0.5, 0.6) is 0 Å². The first-order valence-electron chi connectivity index (χ1n) is 8.82. The molecule has 1 atom stereocenters. The summed E-state index contributed by atoms with van der Waals surface area (Å²) in [7, 11) is 2.37. The van der Waals surface area contributed by atoms with Gasteiger partial charge in [0.2, 0.25) is 0 Å². The molecule has 0 aromatic heterocycles. The Hall–Kier alpha value is -0.0800. The Morgan fingerprint density at radius 1 is 1.00 bits per heavy atom. The fourth-order valence-corrected chi connectivity index (χ4v) is 4.43. The van der Waals surface area contributed by atoms with Crippen LogP contribution in [0.15, 0.2) is 0 Å². The first-order valence-corrected chi connectivity index (χ1v) is 8.82. The van der Waals surface area contributed by atoms with E-state index in [2.05, 4.69) is 32.7 Å². The van der Waals surface area contributed by atoms with Crippen LogP contribution in [0.25, 0.3) is 0 Å². The van der Waals surface area contributed by atoms with Gasteiger partial charge in [-0.3, -0.25) is 4.90 Å². The second-order valence-electron chi connectivity index (χ2n) is 8.47. The zero-order valence-electron chi connectivity index (χ0n) is 14.3. The average molecular weight is 280 g/mol. The average Bonchev–Trinajstić information content (AvgIpc) is 2.58. The van der Waals surface area contributed by atoms with Gasteiger partial charge in [0.05, 0.1) is 0 Å². The maximum absolute atomic E-state index is 6.29. The van der Waals surface area contributed by atoms with E-state index in [1.54, 1.807) is 0 Å². The largest absolute Gasteiger partial charge is 0.329 e. The van der Waals surface area contributed by atoms with Gasteiger partial charge in [-0.2, -0.15) is 0 Å². The van der Waals surface area contributed by atoms with Crippen LogP contribution < -0.4 is 5.73 Å². The molecule has 20 heavy (non-hydrogen) atoms. The van der Waals surface area contributed by atoms with Gasteiger partial charge in [-0.05, 0) is 69.7 Å². The van der Waals surface area contributed by atoms with Crippen molar-refractivity contribution in [1.82, 2.24) is 4.90 Å². The molecule has 0 aromatic rings. The minimum absolute atomic E-state index is 0.277. The third-order valence-electron chi connectivity index (χ3n) is 6.42. The fourth-order valence-electron chi connectivity index (χ4n) is 4.43. The van der Waals surface area contributed by atoms with Crippen LogP contribution in [0.2, 0.25) is 0 Å². The van der Waals surface area contributed by atoms with Crippen molar-refractivity contribution >= 4 is 0 Å². The second kappa shape index (κ2) is 6.36. The number of hydrogen-bond donors (Lipinski definition) is 1. The van der Waals surface area contributed by atoms with E-state index in [1.807, 2.05) is 0 Å². The van der Waals surface area contributed by atoms with Crippen molar-refractivity contribution in [2.75, 3.05) is 13.6 Å². The van der Waals surface area contributed by atoms with Gasteiger partial charge in [-0.25, -0.2) is 0 Å². The Balaban J connectivity index is 2.05. The molecule has 0 bridgehead atoms. The summed E-state index contributed by atoms with van der Waals surface area (Å²) < 4.78 is 0. The van der Waals surface area contributed by atoms with Crippen molar-refractivity contribution in [2.45, 2.75) is 90.1 Å². The van der Waals surface area contributed by atoms with E-state index in [0.717, 1.165) is 18.5 Å². The molecular formula is C18H36N2. The van der Waals surface area contributed by atoms with E-state index in [4.69, 9.17) is 5.73 Å². The lowest BCUT2D eigenvalue weighted by Gasteiger charge is -2.47. The highest BCUT2D eigenvalue weighted by Crippen LogP contribution is 2.42. The van der Waals surface area contributed by atoms with Crippen molar-refractivity contribution in [3.63, 3.8) is 0 Å². The molecule has 2 aliphatic rings. The van der Waals surface area contributed by atoms with Gasteiger partial charge in [0.25, 0.3) is 0 Å². The third-order valence-corrected chi connectivity index (χ3v) is 6.42. The highest BCUT2D eigenvalue weighted by atomic mass is 15.2. The van der Waals surface area contributed by atoms with E-state index in [-0.39, 0.29) is 5.54 Å². The summed E-state index contributed by atoms with van der Waals surface area (Å²) in [5.41, 5.74) is 7.08. The number of nitrogens with two attached hydrogens (primary N) is 1. The van der Waals surface area contributed by atoms with Gasteiger partial charge in [0.1, 0.15) is 0 Å². The van der Waals surface area contributed by atoms with Crippen LogP contribution in [-0.4, -0.2) is 30.1 Å². The molecule has 0 saturated heterocycles. The first kappa shape index (κ1) is 16.3. The molecule has 0 heterocycles. The summed E-state index contributed by atoms with van der Waals surface area (Å²) in [6.07, 6.45) is 12.2. The van der Waals surface area contributed by atoms with Gasteiger partial charge in [-0.1, -0.05) is 27.2 Å². The Morgan fingerprint density at radius 3 is 2.25 bits per heavy atom. The third kappa shape index (κ3) is 3.57. The van der Waals surface area contributed by atoms with Crippen molar-refractivity contribution in [3.05, 3.63) is 0 Å². The van der Waals surface area contributed by atoms with Gasteiger partial charge < -0.3 is 5.73 Å². The smallest absolute Gasteiger partial charge is 0.0331 e. The zero-order chi connectivity index (χ0) is 14.8. The van der Waals surface area contributed by atoms with E-state index in [1.165, 1.54) is 57.8 Å². The Kier molecular flexibility index (Phi) is 5.18. The van der Waals surface area contributed by atoms with E-state index >= 15 is 0 Å². The minimum Gasteiger partial charge on any atom is -0.329 e. The molecule has 2 N–H and O–H groups in total. The molecule has 0 aliphatic heterocycles. The van der Waals surface area contributed by atoms with Crippen molar-refractivity contribution in [1.29, 1.82) is 0 Å². The van der Waals surface area contributed by atoms with Gasteiger partial charge in [0, 0.05) is 18.1 Å². The predicted molar refractivity (Wildman–Crippen MR) is 87.8 cm³/mol. The number of rotatable bonds is 3. The Bertz CT molecular complexity index is 305. The van der Waals surface area contributed by atoms with Crippen molar-refractivity contribution in [2.24, 2.45) is 17.1 Å². The van der Waals surface area contributed by atoms with Crippen molar-refractivity contribution in [3.8, 4) is 0 Å². The monoisotopic (exact) mass is 280 g/mol. The molecule has 0 spiro atoms. The molecule has 1 unspecified atom stereocenters. The van der Waals surface area contributed by atoms with Crippen molar-refractivity contribution < 1.29 is 0 Å². The maximum atomic E-state index is 6.29. The van der Waals surface area contributed by atoms with Crippen LogP contribution in [0.4, 0.5) is 0 Å². The lowest BCUT2D eigenvalue weighted by molar-refractivity contribution is 0.0369. The Morgan fingerprint density at radius 2 is 1.65 bits per heavy atom. The summed E-state index contributed by atoms with van der Waals surface area (Å²) >= 11 is 0. The highest BCUT2D eigenvalue weighted by molar-refractivity contribution is 4.97. The fraction of sp³-hybridized carbons (Fsp3) is 1.00. The molecule has 0 amide bonds. The summed E-state index contributed by atoms with van der Waals surface area (Å²) in [4.78, 5) is 2.71. The maximum Gasteiger partial charge on any atom is 0.0331 e. The summed E-state index contributed by atoms with van der Waals surface area (Å²) in [6.45, 7) is 8.11. The number of likely N-dealkylation sites (N-methyl/N-ethyl adjacent to an activating group) is 1. The topological polar surface area (TPSA) is 29.3 Å². The standard InChI is InChI=1S/C18H36N2/c1-15-6-8-16(9-7-15)20(4)18(14-19)11-5-10-17(2,3)12-13-18/h15-16H,5-14,19H2,1-4H3. The first-order chi connectivity index (χ1) is 9.38. The summed E-state index contributed by atoms with van der Waals surface area (Å²) in [5.74, 6) is 0.932. The summed E-state index contributed by atoms with van der Waals surface area (Å²) in [6, 6.07) is 0.774. The van der Waals surface area contributed by atoms with Gasteiger partial charge in [-0.15, -0.1) is 0 Å². The Labute approximate surface area is 126 Å². The molecule has 2 heteroatoms. The molecule has 2 rings (SSSR count). The van der Waals surface area contributed by atoms with Crippen LogP contribution in [0, 0.1) is 11.3 Å². The van der Waals surface area contributed by atoms with Crippen LogP contribution >= 0.6 is 0 Å². The number of nitrogens with zero attached hydrogens (tertiary/aromatic N) is 1. The summed E-state index contributed by atoms with van der Waals surface area (Å²) in [5, 5.41) is 0. The molecule has 118 valence electrons. The van der Waals surface area contributed by atoms with Gasteiger partial charge in [0.15, 0.2) is 0 Å². The second-order valence-corrected chi connectivity index (χ2v) is 8.47. The molecule has 0 radical (unpaired) electrons. The zero-order valence-corrected chi connectivity index (χ0v) is 14.3. The number of hydrogen-bond acceptors (Lipinski definition) is 2. The molecule has 2 nitrogen and oxygen atoms in total. The van der Waals surface area contributed by atoms with E-state index < -0.39 is 0 Å². The quantitative estimate of drug-likeness (QED) is 0.786.